The molecule has 0 aromatic heterocycles. The Morgan fingerprint density at radius 3 is 2.65 bits per heavy atom. The molecule has 1 amide bonds. The summed E-state index contributed by atoms with van der Waals surface area (Å²) in [7, 11) is 0. The number of aliphatic hydroxyl groups is 1. The number of carbonyl (C=O) groups is 1. The molecule has 4 nitrogen and oxygen atoms in total. The highest BCUT2D eigenvalue weighted by molar-refractivity contribution is 5.91. The van der Waals surface area contributed by atoms with E-state index in [2.05, 4.69) is 5.32 Å². The molecule has 2 aromatic carbocycles. The molecule has 0 radical (unpaired) electrons. The van der Waals surface area contributed by atoms with Crippen LogP contribution in [0, 0.1) is 5.82 Å². The molecule has 0 spiro atoms. The second kappa shape index (κ2) is 6.68. The van der Waals surface area contributed by atoms with Crippen molar-refractivity contribution in [3.63, 3.8) is 0 Å². The number of anilines is 1. The van der Waals surface area contributed by atoms with E-state index in [4.69, 9.17) is 9.84 Å². The number of hydrogen-bond acceptors (Lipinski definition) is 3. The van der Waals surface area contributed by atoms with Gasteiger partial charge in [-0.3, -0.25) is 4.79 Å². The average Bonchev–Trinajstić information content (AvgIpc) is 2.47. The molecular formula is C15H14FNO3. The molecule has 5 heteroatoms. The van der Waals surface area contributed by atoms with E-state index >= 15 is 0 Å². The first kappa shape index (κ1) is 14.0. The maximum Gasteiger partial charge on any atom is 0.250 e. The van der Waals surface area contributed by atoms with E-state index in [1.54, 1.807) is 36.4 Å². The third-order valence-corrected chi connectivity index (χ3v) is 2.58. The van der Waals surface area contributed by atoms with Crippen LogP contribution in [0.1, 0.15) is 5.56 Å². The zero-order valence-corrected chi connectivity index (χ0v) is 10.7. The van der Waals surface area contributed by atoms with Crippen LogP contribution >= 0.6 is 0 Å². The zero-order valence-electron chi connectivity index (χ0n) is 10.7. The number of benzene rings is 2. The fraction of sp³-hybridized carbons (Fsp3) is 0.133. The summed E-state index contributed by atoms with van der Waals surface area (Å²) in [5.74, 6) is -0.201. The van der Waals surface area contributed by atoms with Crippen molar-refractivity contribution in [1.82, 2.24) is 0 Å². The number of amides is 1. The first-order valence-corrected chi connectivity index (χ1v) is 6.05. The smallest absolute Gasteiger partial charge is 0.250 e. The summed E-state index contributed by atoms with van der Waals surface area (Å²) < 4.78 is 18.3. The van der Waals surface area contributed by atoms with Crippen LogP contribution in [0.25, 0.3) is 0 Å². The molecule has 0 aliphatic heterocycles. The summed E-state index contributed by atoms with van der Waals surface area (Å²) in [5.41, 5.74) is 1.39. The van der Waals surface area contributed by atoms with Crippen molar-refractivity contribution < 1.29 is 19.0 Å². The van der Waals surface area contributed by atoms with Gasteiger partial charge in [0.05, 0.1) is 0 Å². The Labute approximate surface area is 115 Å². The highest BCUT2D eigenvalue weighted by Crippen LogP contribution is 2.18. The predicted molar refractivity (Wildman–Crippen MR) is 72.9 cm³/mol. The Morgan fingerprint density at radius 2 is 1.95 bits per heavy atom. The molecule has 20 heavy (non-hydrogen) atoms. The molecular weight excluding hydrogens is 261 g/mol. The lowest BCUT2D eigenvalue weighted by Gasteiger charge is -2.08. The molecule has 0 saturated carbocycles. The number of carbonyl (C=O) groups excluding carboxylic acids is 1. The number of halogens is 1. The first-order valence-electron chi connectivity index (χ1n) is 6.05. The van der Waals surface area contributed by atoms with Crippen molar-refractivity contribution in [3.05, 3.63) is 59.9 Å². The van der Waals surface area contributed by atoms with Gasteiger partial charge in [-0.1, -0.05) is 18.2 Å². The molecule has 2 N–H and O–H groups in total. The quantitative estimate of drug-likeness (QED) is 0.880. The Morgan fingerprint density at radius 1 is 1.20 bits per heavy atom. The van der Waals surface area contributed by atoms with Crippen molar-refractivity contribution >= 4 is 11.6 Å². The molecule has 0 unspecified atom stereocenters. The second-order valence-corrected chi connectivity index (χ2v) is 4.15. The summed E-state index contributed by atoms with van der Waals surface area (Å²) in [4.78, 5) is 11.1. The minimum atomic E-state index is -0.569. The van der Waals surface area contributed by atoms with Gasteiger partial charge in [-0.2, -0.15) is 0 Å². The summed E-state index contributed by atoms with van der Waals surface area (Å²) >= 11 is 0. The molecule has 2 aromatic rings. The van der Waals surface area contributed by atoms with Crippen molar-refractivity contribution in [2.75, 3.05) is 11.9 Å². The number of hydrogen-bond donors (Lipinski definition) is 2. The maximum absolute atomic E-state index is 12.8. The third-order valence-electron chi connectivity index (χ3n) is 2.58. The van der Waals surface area contributed by atoms with Gasteiger partial charge in [-0.25, -0.2) is 4.39 Å². The summed E-state index contributed by atoms with van der Waals surface area (Å²) in [5, 5.41) is 11.2. The van der Waals surface area contributed by atoms with Gasteiger partial charge in [-0.05, 0) is 29.8 Å². The van der Waals surface area contributed by atoms with Crippen LogP contribution in [-0.2, 0) is 11.4 Å². The van der Waals surface area contributed by atoms with Gasteiger partial charge in [0.1, 0.15) is 24.8 Å². The number of rotatable bonds is 5. The number of aliphatic hydroxyl groups excluding tert-OH is 1. The van der Waals surface area contributed by atoms with Gasteiger partial charge in [-0.15, -0.1) is 0 Å². The predicted octanol–water partition coefficient (Wildman–Crippen LogP) is 2.34. The van der Waals surface area contributed by atoms with E-state index < -0.39 is 12.5 Å². The first-order chi connectivity index (χ1) is 9.67. The fourth-order valence-corrected chi connectivity index (χ4v) is 1.61. The Balaban J connectivity index is 1.97. The number of ether oxygens (including phenoxy) is 1. The standard InChI is InChI=1S/C15H14FNO3/c16-12-6-4-11(5-7-12)10-20-14-3-1-2-13(8-14)17-15(19)9-18/h1-8,18H,9-10H2,(H,17,19). The van der Waals surface area contributed by atoms with Crippen LogP contribution in [0.5, 0.6) is 5.75 Å². The van der Waals surface area contributed by atoms with Crippen LogP contribution in [0.2, 0.25) is 0 Å². The van der Waals surface area contributed by atoms with Crippen LogP contribution in [0.15, 0.2) is 48.5 Å². The molecule has 0 aliphatic carbocycles. The van der Waals surface area contributed by atoms with Gasteiger partial charge in [0.15, 0.2) is 0 Å². The molecule has 0 atom stereocenters. The normalized spacial score (nSPS) is 10.1. The topological polar surface area (TPSA) is 58.6 Å². The minimum absolute atomic E-state index is 0.289. The van der Waals surface area contributed by atoms with Crippen molar-refractivity contribution in [3.8, 4) is 5.75 Å². The monoisotopic (exact) mass is 275 g/mol. The molecule has 0 heterocycles. The van der Waals surface area contributed by atoms with Crippen molar-refractivity contribution in [2.24, 2.45) is 0 Å². The van der Waals surface area contributed by atoms with Gasteiger partial charge in [0.2, 0.25) is 5.91 Å². The highest BCUT2D eigenvalue weighted by atomic mass is 19.1. The SMILES string of the molecule is O=C(CO)Nc1cccc(OCc2ccc(F)cc2)c1. The fourth-order valence-electron chi connectivity index (χ4n) is 1.61. The molecule has 104 valence electrons. The van der Waals surface area contributed by atoms with E-state index in [1.807, 2.05) is 0 Å². The largest absolute Gasteiger partial charge is 0.489 e. The van der Waals surface area contributed by atoms with Gasteiger partial charge in [0.25, 0.3) is 0 Å². The lowest BCUT2D eigenvalue weighted by Crippen LogP contribution is -2.15. The van der Waals surface area contributed by atoms with E-state index in [9.17, 15) is 9.18 Å². The lowest BCUT2D eigenvalue weighted by molar-refractivity contribution is -0.118. The second-order valence-electron chi connectivity index (χ2n) is 4.15. The molecule has 2 rings (SSSR count). The van der Waals surface area contributed by atoms with E-state index in [0.29, 0.717) is 18.0 Å². The Bertz CT molecular complexity index is 584. The Kier molecular flexibility index (Phi) is 4.68. The average molecular weight is 275 g/mol. The van der Waals surface area contributed by atoms with Crippen LogP contribution in [0.4, 0.5) is 10.1 Å². The lowest BCUT2D eigenvalue weighted by atomic mass is 10.2. The van der Waals surface area contributed by atoms with Gasteiger partial charge in [0, 0.05) is 11.8 Å². The Hall–Kier alpha value is -2.40. The van der Waals surface area contributed by atoms with E-state index in [0.717, 1.165) is 5.56 Å². The molecule has 0 bridgehead atoms. The minimum Gasteiger partial charge on any atom is -0.489 e. The third kappa shape index (κ3) is 4.07. The number of nitrogens with one attached hydrogen (secondary N) is 1. The molecule has 0 saturated heterocycles. The van der Waals surface area contributed by atoms with Crippen molar-refractivity contribution in [1.29, 1.82) is 0 Å². The van der Waals surface area contributed by atoms with E-state index in [-0.39, 0.29) is 5.82 Å². The van der Waals surface area contributed by atoms with Crippen molar-refractivity contribution in [2.45, 2.75) is 6.61 Å². The molecule has 0 fully saturated rings. The van der Waals surface area contributed by atoms with Crippen LogP contribution in [0.3, 0.4) is 0 Å². The molecule has 0 aliphatic rings. The van der Waals surface area contributed by atoms with Crippen LogP contribution < -0.4 is 10.1 Å². The summed E-state index contributed by atoms with van der Waals surface area (Å²) in [6, 6.07) is 12.9. The van der Waals surface area contributed by atoms with Gasteiger partial charge < -0.3 is 15.2 Å². The van der Waals surface area contributed by atoms with Crippen LogP contribution in [-0.4, -0.2) is 17.6 Å². The zero-order chi connectivity index (χ0) is 14.4. The highest BCUT2D eigenvalue weighted by Gasteiger charge is 2.02. The summed E-state index contributed by atoms with van der Waals surface area (Å²) in [6.45, 7) is -0.266. The van der Waals surface area contributed by atoms with Gasteiger partial charge >= 0.3 is 0 Å². The van der Waals surface area contributed by atoms with E-state index in [1.165, 1.54) is 12.1 Å². The summed E-state index contributed by atoms with van der Waals surface area (Å²) in [6.07, 6.45) is 0. The maximum atomic E-state index is 12.8.